The molecule has 0 spiro atoms. The Labute approximate surface area is 77.0 Å². The molecule has 66 valence electrons. The third-order valence-corrected chi connectivity index (χ3v) is 2.17. The molecule has 0 fully saturated rings. The van der Waals surface area contributed by atoms with Crippen molar-refractivity contribution in [3.63, 3.8) is 0 Å². The summed E-state index contributed by atoms with van der Waals surface area (Å²) >= 11 is 0. The van der Waals surface area contributed by atoms with Crippen LogP contribution in [0.25, 0.3) is 23.1 Å². The highest BCUT2D eigenvalue weighted by molar-refractivity contribution is 5.79. The fourth-order valence-electron chi connectivity index (χ4n) is 1.64. The fraction of sp³-hybridized carbons (Fsp3) is 0.167. The summed E-state index contributed by atoms with van der Waals surface area (Å²) in [5.41, 5.74) is 2.93. The van der Waals surface area contributed by atoms with Crippen LogP contribution in [-0.4, -0.2) is 0 Å². The first-order chi connectivity index (χ1) is 6.20. The van der Waals surface area contributed by atoms with Gasteiger partial charge in [-0.25, -0.2) is 0 Å². The second-order valence-corrected chi connectivity index (χ2v) is 3.40. The van der Waals surface area contributed by atoms with Gasteiger partial charge in [0.1, 0.15) is 11.0 Å². The Kier molecular flexibility index (Phi) is 1.73. The van der Waals surface area contributed by atoms with Gasteiger partial charge in [-0.15, -0.1) is 0 Å². The molecule has 13 heavy (non-hydrogen) atoms. The van der Waals surface area contributed by atoms with Gasteiger partial charge in [0.05, 0.1) is 0 Å². The first-order valence-corrected chi connectivity index (χ1v) is 4.34. The van der Waals surface area contributed by atoms with Gasteiger partial charge in [-0.1, -0.05) is 30.4 Å². The van der Waals surface area contributed by atoms with Crippen LogP contribution in [0, 0.1) is 0 Å². The molecule has 0 atom stereocenters. The smallest absolute Gasteiger partial charge is 0.135 e. The second kappa shape index (κ2) is 2.77. The topological polar surface area (TPSA) is 13.1 Å². The number of hydrogen-bond donors (Lipinski definition) is 0. The lowest BCUT2D eigenvalue weighted by molar-refractivity contribution is 0.577. The normalized spacial score (nSPS) is 10.6. The number of furan rings is 1. The minimum atomic E-state index is 0.765. The van der Waals surface area contributed by atoms with Crippen molar-refractivity contribution < 1.29 is 4.42 Å². The van der Waals surface area contributed by atoms with E-state index in [1.54, 1.807) is 0 Å². The molecule has 1 nitrogen and oxygen atoms in total. The lowest BCUT2D eigenvalue weighted by Gasteiger charge is -1.86. The van der Waals surface area contributed by atoms with Crippen molar-refractivity contribution in [2.75, 3.05) is 0 Å². The lowest BCUT2D eigenvalue weighted by atomic mass is 10.1. The van der Waals surface area contributed by atoms with Crippen LogP contribution in [0.15, 0.2) is 28.7 Å². The van der Waals surface area contributed by atoms with Crippen LogP contribution in [0.1, 0.15) is 13.8 Å². The summed E-state index contributed by atoms with van der Waals surface area (Å²) in [5.74, 6) is 0. The molecule has 0 aliphatic heterocycles. The molecule has 2 rings (SSSR count). The summed E-state index contributed by atoms with van der Waals surface area (Å²) < 4.78 is 5.53. The van der Waals surface area contributed by atoms with Gasteiger partial charge < -0.3 is 4.42 Å². The molecule has 0 aliphatic rings. The van der Waals surface area contributed by atoms with Gasteiger partial charge in [0.15, 0.2) is 0 Å². The summed E-state index contributed by atoms with van der Waals surface area (Å²) in [5, 5.41) is 2.31. The summed E-state index contributed by atoms with van der Waals surface area (Å²) in [6.07, 6.45) is 0. The molecule has 0 aliphatic carbocycles. The molecule has 1 aromatic carbocycles. The minimum absolute atomic E-state index is 0.765. The van der Waals surface area contributed by atoms with Gasteiger partial charge in [-0.05, 0) is 19.9 Å². The van der Waals surface area contributed by atoms with E-state index < -0.39 is 0 Å². The van der Waals surface area contributed by atoms with Crippen LogP contribution in [0.4, 0.5) is 0 Å². The molecule has 0 radical (unpaired) electrons. The van der Waals surface area contributed by atoms with Crippen LogP contribution >= 0.6 is 0 Å². The van der Waals surface area contributed by atoms with E-state index >= 15 is 0 Å². The summed E-state index contributed by atoms with van der Waals surface area (Å²) in [7, 11) is 0. The second-order valence-electron chi connectivity index (χ2n) is 3.40. The standard InChI is InChI=1S/C12H12O/c1-8(2)12-9(3)13-11-7-5-4-6-10(11)12/h4-7H,3H2,1-2H3. The summed E-state index contributed by atoms with van der Waals surface area (Å²) in [4.78, 5) is 0. The van der Waals surface area contributed by atoms with E-state index in [0.717, 1.165) is 21.6 Å². The first kappa shape index (κ1) is 8.11. The highest BCUT2D eigenvalue weighted by Gasteiger charge is 2.00. The minimum Gasteiger partial charge on any atom is -0.457 e. The van der Waals surface area contributed by atoms with Crippen molar-refractivity contribution in [3.05, 3.63) is 34.9 Å². The number of fused-ring (bicyclic) bond motifs is 1. The molecule has 2 aromatic rings. The molecule has 0 N–H and O–H groups in total. The molecular formula is C12H12O. The van der Waals surface area contributed by atoms with Crippen molar-refractivity contribution in [2.45, 2.75) is 13.8 Å². The van der Waals surface area contributed by atoms with Crippen molar-refractivity contribution >= 4 is 23.1 Å². The maximum Gasteiger partial charge on any atom is 0.135 e. The Morgan fingerprint density at radius 3 is 2.62 bits per heavy atom. The third kappa shape index (κ3) is 1.17. The molecule has 0 amide bonds. The molecule has 0 saturated carbocycles. The Morgan fingerprint density at radius 1 is 1.23 bits per heavy atom. The van der Waals surface area contributed by atoms with E-state index in [2.05, 4.69) is 26.5 Å². The molecular weight excluding hydrogens is 160 g/mol. The number of para-hydroxylation sites is 1. The van der Waals surface area contributed by atoms with Gasteiger partial charge in [0.2, 0.25) is 0 Å². The van der Waals surface area contributed by atoms with Crippen molar-refractivity contribution in [1.29, 1.82) is 0 Å². The molecule has 1 heteroatoms. The Balaban J connectivity index is 3.14. The molecule has 0 unspecified atom stereocenters. The van der Waals surface area contributed by atoms with Crippen LogP contribution in [0.5, 0.6) is 0 Å². The number of rotatable bonds is 0. The average Bonchev–Trinajstić information content (AvgIpc) is 2.39. The van der Waals surface area contributed by atoms with Crippen LogP contribution in [0.2, 0.25) is 0 Å². The molecule has 1 heterocycles. The summed E-state index contributed by atoms with van der Waals surface area (Å²) in [6.45, 7) is 8.04. The highest BCUT2D eigenvalue weighted by Crippen LogP contribution is 2.07. The zero-order chi connectivity index (χ0) is 9.42. The van der Waals surface area contributed by atoms with Gasteiger partial charge in [-0.3, -0.25) is 0 Å². The van der Waals surface area contributed by atoms with E-state index in [0.29, 0.717) is 0 Å². The Hall–Kier alpha value is -1.50. The zero-order valence-electron chi connectivity index (χ0n) is 7.92. The molecule has 1 aromatic heterocycles. The largest absolute Gasteiger partial charge is 0.457 e. The Morgan fingerprint density at radius 2 is 1.92 bits per heavy atom. The maximum atomic E-state index is 5.53. The van der Waals surface area contributed by atoms with E-state index in [1.165, 1.54) is 5.57 Å². The van der Waals surface area contributed by atoms with Crippen LogP contribution in [0.3, 0.4) is 0 Å². The van der Waals surface area contributed by atoms with Crippen molar-refractivity contribution in [3.8, 4) is 0 Å². The number of benzene rings is 1. The monoisotopic (exact) mass is 172 g/mol. The van der Waals surface area contributed by atoms with Crippen LogP contribution in [-0.2, 0) is 0 Å². The zero-order valence-corrected chi connectivity index (χ0v) is 7.92. The van der Waals surface area contributed by atoms with E-state index in [1.807, 2.05) is 18.2 Å². The average molecular weight is 172 g/mol. The highest BCUT2D eigenvalue weighted by atomic mass is 16.3. The van der Waals surface area contributed by atoms with E-state index in [9.17, 15) is 0 Å². The predicted molar refractivity (Wildman–Crippen MR) is 55.7 cm³/mol. The summed E-state index contributed by atoms with van der Waals surface area (Å²) in [6, 6.07) is 8.02. The van der Waals surface area contributed by atoms with E-state index in [4.69, 9.17) is 4.42 Å². The van der Waals surface area contributed by atoms with Crippen LogP contribution < -0.4 is 10.6 Å². The predicted octanol–water partition coefficient (Wildman–Crippen LogP) is 2.03. The number of hydrogen-bond acceptors (Lipinski definition) is 1. The van der Waals surface area contributed by atoms with Gasteiger partial charge in [-0.2, -0.15) is 0 Å². The SMILES string of the molecule is C=c1oc2ccccc2c1=C(C)C. The molecule has 0 bridgehead atoms. The molecule has 0 saturated heterocycles. The first-order valence-electron chi connectivity index (χ1n) is 4.34. The fourth-order valence-corrected chi connectivity index (χ4v) is 1.64. The van der Waals surface area contributed by atoms with Gasteiger partial charge in [0, 0.05) is 10.6 Å². The quantitative estimate of drug-likeness (QED) is 0.592. The van der Waals surface area contributed by atoms with Gasteiger partial charge >= 0.3 is 0 Å². The van der Waals surface area contributed by atoms with Crippen molar-refractivity contribution in [2.24, 2.45) is 0 Å². The third-order valence-electron chi connectivity index (χ3n) is 2.17. The van der Waals surface area contributed by atoms with Crippen molar-refractivity contribution in [1.82, 2.24) is 0 Å². The van der Waals surface area contributed by atoms with E-state index in [-0.39, 0.29) is 0 Å². The van der Waals surface area contributed by atoms with Gasteiger partial charge in [0.25, 0.3) is 0 Å². The Bertz CT molecular complexity index is 542. The lowest BCUT2D eigenvalue weighted by Crippen LogP contribution is -2.19. The maximum absolute atomic E-state index is 5.53.